The second-order valence-electron chi connectivity index (χ2n) is 7.04. The lowest BCUT2D eigenvalue weighted by Crippen LogP contribution is -2.44. The first-order valence-corrected chi connectivity index (χ1v) is 7.94. The number of para-hydroxylation sites is 1. The maximum Gasteiger partial charge on any atom is 0.230 e. The summed E-state index contributed by atoms with van der Waals surface area (Å²) in [4.78, 5) is 15.2. The monoisotopic (exact) mass is 271 g/mol. The van der Waals surface area contributed by atoms with Crippen molar-refractivity contribution in [1.82, 2.24) is 0 Å². The maximum absolute atomic E-state index is 13.1. The Morgan fingerprint density at radius 2 is 1.80 bits per heavy atom. The quantitative estimate of drug-likeness (QED) is 0.800. The predicted molar refractivity (Wildman–Crippen MR) is 82.9 cm³/mol. The normalized spacial score (nSPS) is 25.3. The van der Waals surface area contributed by atoms with Gasteiger partial charge in [0, 0.05) is 12.0 Å². The van der Waals surface area contributed by atoms with E-state index < -0.39 is 0 Å². The van der Waals surface area contributed by atoms with Gasteiger partial charge in [-0.1, -0.05) is 45.9 Å². The van der Waals surface area contributed by atoms with Gasteiger partial charge in [-0.15, -0.1) is 0 Å². The molecule has 2 heteroatoms. The van der Waals surface area contributed by atoms with E-state index in [0.717, 1.165) is 19.3 Å². The highest BCUT2D eigenvalue weighted by molar-refractivity contribution is 5.99. The fourth-order valence-corrected chi connectivity index (χ4v) is 3.84. The molecule has 0 saturated heterocycles. The van der Waals surface area contributed by atoms with Gasteiger partial charge in [0.15, 0.2) is 0 Å². The topological polar surface area (TPSA) is 20.3 Å². The van der Waals surface area contributed by atoms with Gasteiger partial charge < -0.3 is 4.90 Å². The third-order valence-corrected chi connectivity index (χ3v) is 5.06. The van der Waals surface area contributed by atoms with Crippen molar-refractivity contribution >= 4 is 11.6 Å². The molecule has 0 radical (unpaired) electrons. The summed E-state index contributed by atoms with van der Waals surface area (Å²) in [7, 11) is 0. The minimum absolute atomic E-state index is 0.176. The predicted octanol–water partition coefficient (Wildman–Crippen LogP) is 3.82. The van der Waals surface area contributed by atoms with Crippen molar-refractivity contribution in [2.24, 2.45) is 17.8 Å². The molecule has 2 nitrogen and oxygen atoms in total. The molecule has 2 aliphatic rings. The summed E-state index contributed by atoms with van der Waals surface area (Å²) in [5.74, 6) is 1.47. The molecule has 0 aliphatic carbocycles. The summed E-state index contributed by atoms with van der Waals surface area (Å²) >= 11 is 0. The molecule has 0 N–H and O–H groups in total. The molecular weight excluding hydrogens is 246 g/mol. The van der Waals surface area contributed by atoms with Crippen LogP contribution in [-0.2, 0) is 17.6 Å². The van der Waals surface area contributed by atoms with Crippen LogP contribution in [-0.4, -0.2) is 11.9 Å². The lowest BCUT2D eigenvalue weighted by Gasteiger charge is -2.31. The number of aryl methyl sites for hydroxylation is 1. The first-order valence-electron chi connectivity index (χ1n) is 7.94. The first kappa shape index (κ1) is 13.7. The van der Waals surface area contributed by atoms with Crippen LogP contribution in [0.3, 0.4) is 0 Å². The summed E-state index contributed by atoms with van der Waals surface area (Å²) in [5.41, 5.74) is 4.00. The molecule has 2 heterocycles. The highest BCUT2D eigenvalue weighted by Gasteiger charge is 2.41. The Balaban J connectivity index is 2.10. The van der Waals surface area contributed by atoms with Gasteiger partial charge in [0.2, 0.25) is 5.91 Å². The van der Waals surface area contributed by atoms with Crippen LogP contribution in [0.2, 0.25) is 0 Å². The number of anilines is 1. The zero-order valence-electron chi connectivity index (χ0n) is 13.0. The Morgan fingerprint density at radius 3 is 2.45 bits per heavy atom. The van der Waals surface area contributed by atoms with Gasteiger partial charge in [-0.3, -0.25) is 4.79 Å². The first-order chi connectivity index (χ1) is 9.50. The number of rotatable bonds is 2. The van der Waals surface area contributed by atoms with Gasteiger partial charge in [0.25, 0.3) is 0 Å². The molecule has 0 bridgehead atoms. The smallest absolute Gasteiger partial charge is 0.230 e. The van der Waals surface area contributed by atoms with Crippen LogP contribution < -0.4 is 4.90 Å². The number of nitrogens with zero attached hydrogens (tertiary/aromatic N) is 1. The zero-order valence-corrected chi connectivity index (χ0v) is 13.0. The van der Waals surface area contributed by atoms with Crippen LogP contribution in [0.15, 0.2) is 18.2 Å². The molecule has 2 atom stereocenters. The van der Waals surface area contributed by atoms with E-state index in [1.54, 1.807) is 0 Å². The van der Waals surface area contributed by atoms with Crippen LogP contribution >= 0.6 is 0 Å². The number of hydrogen-bond donors (Lipinski definition) is 0. The zero-order chi connectivity index (χ0) is 14.4. The highest BCUT2D eigenvalue weighted by atomic mass is 16.2. The van der Waals surface area contributed by atoms with Gasteiger partial charge in [0.05, 0.1) is 5.69 Å². The van der Waals surface area contributed by atoms with Crippen molar-refractivity contribution in [3.8, 4) is 0 Å². The van der Waals surface area contributed by atoms with Crippen LogP contribution in [0.1, 0.15) is 45.2 Å². The SMILES string of the molecule is CC(C)[C@H]1CCc2cccc3c2N(C1=O)[C@H](C(C)C)C3. The van der Waals surface area contributed by atoms with Crippen molar-refractivity contribution < 1.29 is 4.79 Å². The van der Waals surface area contributed by atoms with E-state index in [1.807, 2.05) is 0 Å². The maximum atomic E-state index is 13.1. The van der Waals surface area contributed by atoms with Gasteiger partial charge in [-0.2, -0.15) is 0 Å². The average Bonchev–Trinajstić information content (AvgIpc) is 2.71. The lowest BCUT2D eigenvalue weighted by molar-refractivity contribution is -0.124. The van der Waals surface area contributed by atoms with E-state index in [9.17, 15) is 4.79 Å². The molecule has 1 amide bonds. The van der Waals surface area contributed by atoms with Crippen LogP contribution in [0, 0.1) is 17.8 Å². The highest BCUT2D eigenvalue weighted by Crippen LogP contribution is 2.42. The van der Waals surface area contributed by atoms with Crippen molar-refractivity contribution in [2.75, 3.05) is 4.90 Å². The van der Waals surface area contributed by atoms with Crippen molar-refractivity contribution in [3.63, 3.8) is 0 Å². The third kappa shape index (κ3) is 1.97. The number of hydrogen-bond acceptors (Lipinski definition) is 1. The molecule has 20 heavy (non-hydrogen) atoms. The van der Waals surface area contributed by atoms with E-state index in [1.165, 1.54) is 16.8 Å². The van der Waals surface area contributed by atoms with Gasteiger partial charge in [-0.05, 0) is 42.2 Å². The van der Waals surface area contributed by atoms with Crippen molar-refractivity contribution in [2.45, 2.75) is 53.0 Å². The molecule has 1 aromatic rings. The second kappa shape index (κ2) is 4.91. The summed E-state index contributed by atoms with van der Waals surface area (Å²) in [6, 6.07) is 6.93. The number of benzene rings is 1. The largest absolute Gasteiger partial charge is 0.308 e. The minimum Gasteiger partial charge on any atom is -0.308 e. The van der Waals surface area contributed by atoms with Crippen molar-refractivity contribution in [1.29, 1.82) is 0 Å². The Kier molecular flexibility index (Phi) is 3.35. The van der Waals surface area contributed by atoms with Gasteiger partial charge in [-0.25, -0.2) is 0 Å². The van der Waals surface area contributed by atoms with Crippen molar-refractivity contribution in [3.05, 3.63) is 29.3 Å². The van der Waals surface area contributed by atoms with E-state index in [-0.39, 0.29) is 5.92 Å². The average molecular weight is 271 g/mol. The van der Waals surface area contributed by atoms with E-state index in [2.05, 4.69) is 50.8 Å². The molecule has 0 saturated carbocycles. The molecular formula is C18H25NO. The van der Waals surface area contributed by atoms with Gasteiger partial charge in [0.1, 0.15) is 0 Å². The van der Waals surface area contributed by atoms with E-state index >= 15 is 0 Å². The summed E-state index contributed by atoms with van der Waals surface area (Å²) < 4.78 is 0. The fraction of sp³-hybridized carbons (Fsp3) is 0.611. The molecule has 0 spiro atoms. The minimum atomic E-state index is 0.176. The lowest BCUT2D eigenvalue weighted by atomic mass is 9.88. The molecule has 2 aliphatic heterocycles. The summed E-state index contributed by atoms with van der Waals surface area (Å²) in [6.07, 6.45) is 3.06. The molecule has 1 aromatic carbocycles. The third-order valence-electron chi connectivity index (χ3n) is 5.06. The second-order valence-corrected chi connectivity index (χ2v) is 7.04. The Bertz CT molecular complexity index is 532. The number of carbonyl (C=O) groups excluding carboxylic acids is 1. The van der Waals surface area contributed by atoms with Crippen LogP contribution in [0.25, 0.3) is 0 Å². The molecule has 0 fully saturated rings. The number of carbonyl (C=O) groups is 1. The van der Waals surface area contributed by atoms with E-state index in [0.29, 0.717) is 23.8 Å². The molecule has 0 unspecified atom stereocenters. The van der Waals surface area contributed by atoms with Crippen LogP contribution in [0.4, 0.5) is 5.69 Å². The molecule has 0 aromatic heterocycles. The Morgan fingerprint density at radius 1 is 1.10 bits per heavy atom. The Labute approximate surface area is 122 Å². The summed E-state index contributed by atoms with van der Waals surface area (Å²) in [6.45, 7) is 8.83. The fourth-order valence-electron chi connectivity index (χ4n) is 3.84. The van der Waals surface area contributed by atoms with E-state index in [4.69, 9.17) is 0 Å². The van der Waals surface area contributed by atoms with Gasteiger partial charge >= 0.3 is 0 Å². The summed E-state index contributed by atoms with van der Waals surface area (Å²) in [5, 5.41) is 0. The molecule has 3 rings (SSSR count). The Hall–Kier alpha value is -1.31. The number of amides is 1. The standard InChI is InChI=1S/C18H25NO/c1-11(2)15-9-8-13-6-5-7-14-10-16(12(3)4)19(17(13)14)18(15)20/h5-7,11-12,15-16H,8-10H2,1-4H3/t15-,16+/m1/s1. The van der Waals surface area contributed by atoms with Crippen LogP contribution in [0.5, 0.6) is 0 Å². The molecule has 108 valence electrons.